The highest BCUT2D eigenvalue weighted by atomic mass is 16.3. The molecule has 0 aromatic heterocycles. The number of hydrogen-bond donors (Lipinski definition) is 1. The SMILES string of the molecule is O=C(C(=O)N1CCC2(CCC(=O)N(CCCO)C2)CC1)c1ccccc1. The molecular weight excluding hydrogens is 332 g/mol. The average molecular weight is 358 g/mol. The number of amides is 2. The van der Waals surface area contributed by atoms with Crippen molar-refractivity contribution in [2.24, 2.45) is 5.41 Å². The topological polar surface area (TPSA) is 77.9 Å². The summed E-state index contributed by atoms with van der Waals surface area (Å²) < 4.78 is 0. The lowest BCUT2D eigenvalue weighted by Gasteiger charge is -2.47. The second-order valence-electron chi connectivity index (χ2n) is 7.38. The summed E-state index contributed by atoms with van der Waals surface area (Å²) in [5.41, 5.74) is 0.465. The van der Waals surface area contributed by atoms with Crippen LogP contribution in [0.2, 0.25) is 0 Å². The third kappa shape index (κ3) is 3.96. The van der Waals surface area contributed by atoms with E-state index in [2.05, 4.69) is 0 Å². The van der Waals surface area contributed by atoms with Gasteiger partial charge in [-0.3, -0.25) is 14.4 Å². The Hall–Kier alpha value is -2.21. The number of piperidine rings is 2. The molecule has 0 bridgehead atoms. The summed E-state index contributed by atoms with van der Waals surface area (Å²) in [7, 11) is 0. The second kappa shape index (κ2) is 7.99. The first-order valence-electron chi connectivity index (χ1n) is 9.32. The van der Waals surface area contributed by atoms with Gasteiger partial charge in [-0.1, -0.05) is 30.3 Å². The number of likely N-dealkylation sites (tertiary alicyclic amines) is 2. The summed E-state index contributed by atoms with van der Waals surface area (Å²) in [5, 5.41) is 9.01. The number of Topliss-reactive ketones (excluding diaryl/α,β-unsaturated/α-hetero) is 1. The molecule has 0 aliphatic carbocycles. The van der Waals surface area contributed by atoms with E-state index < -0.39 is 11.7 Å². The van der Waals surface area contributed by atoms with Crippen molar-refractivity contribution in [3.8, 4) is 0 Å². The van der Waals surface area contributed by atoms with Crippen LogP contribution in [0.1, 0.15) is 42.5 Å². The fourth-order valence-corrected chi connectivity index (χ4v) is 4.02. The maximum absolute atomic E-state index is 12.5. The van der Waals surface area contributed by atoms with Gasteiger partial charge in [-0.15, -0.1) is 0 Å². The van der Waals surface area contributed by atoms with E-state index in [1.54, 1.807) is 29.2 Å². The molecule has 1 N–H and O–H groups in total. The van der Waals surface area contributed by atoms with Gasteiger partial charge in [0.15, 0.2) is 0 Å². The molecule has 0 atom stereocenters. The van der Waals surface area contributed by atoms with Crippen molar-refractivity contribution < 1.29 is 19.5 Å². The van der Waals surface area contributed by atoms with Crippen molar-refractivity contribution in [3.05, 3.63) is 35.9 Å². The summed E-state index contributed by atoms with van der Waals surface area (Å²) in [5.74, 6) is -0.734. The van der Waals surface area contributed by atoms with E-state index >= 15 is 0 Å². The Balaban J connectivity index is 1.59. The first kappa shape index (κ1) is 18.6. The zero-order valence-corrected chi connectivity index (χ0v) is 15.0. The van der Waals surface area contributed by atoms with Crippen LogP contribution in [0.5, 0.6) is 0 Å². The maximum Gasteiger partial charge on any atom is 0.294 e. The molecule has 2 aliphatic rings. The van der Waals surface area contributed by atoms with Gasteiger partial charge in [0.1, 0.15) is 0 Å². The molecule has 26 heavy (non-hydrogen) atoms. The van der Waals surface area contributed by atoms with Gasteiger partial charge in [-0.25, -0.2) is 0 Å². The normalized spacial score (nSPS) is 19.7. The summed E-state index contributed by atoms with van der Waals surface area (Å²) in [6.45, 7) is 2.48. The van der Waals surface area contributed by atoms with E-state index in [1.165, 1.54) is 0 Å². The van der Waals surface area contributed by atoms with Crippen molar-refractivity contribution in [1.29, 1.82) is 0 Å². The van der Waals surface area contributed by atoms with E-state index in [4.69, 9.17) is 5.11 Å². The highest BCUT2D eigenvalue weighted by Crippen LogP contribution is 2.40. The summed E-state index contributed by atoms with van der Waals surface area (Å²) in [6.07, 6.45) is 3.59. The molecule has 2 fully saturated rings. The minimum atomic E-state index is -0.454. The van der Waals surface area contributed by atoms with E-state index in [0.29, 0.717) is 44.6 Å². The highest BCUT2D eigenvalue weighted by molar-refractivity contribution is 6.42. The standard InChI is InChI=1S/C20H26N2O4/c23-14-4-11-22-15-20(8-7-17(22)24)9-12-21(13-10-20)19(26)18(25)16-5-2-1-3-6-16/h1-3,5-6,23H,4,7-15H2. The number of carbonyl (C=O) groups excluding carboxylic acids is 3. The van der Waals surface area contributed by atoms with Crippen molar-refractivity contribution >= 4 is 17.6 Å². The molecule has 6 heteroatoms. The number of hydrogen-bond acceptors (Lipinski definition) is 4. The Morgan fingerprint density at radius 3 is 2.42 bits per heavy atom. The van der Waals surface area contributed by atoms with Crippen LogP contribution in [0.15, 0.2) is 30.3 Å². The molecule has 1 aromatic rings. The van der Waals surface area contributed by atoms with Gasteiger partial charge in [0.2, 0.25) is 11.7 Å². The predicted molar refractivity (Wildman–Crippen MR) is 96.5 cm³/mol. The quantitative estimate of drug-likeness (QED) is 0.639. The lowest BCUT2D eigenvalue weighted by molar-refractivity contribution is -0.141. The Kier molecular flexibility index (Phi) is 5.71. The number of ketones is 1. The number of carbonyl (C=O) groups is 3. The first-order chi connectivity index (χ1) is 12.5. The fraction of sp³-hybridized carbons (Fsp3) is 0.550. The predicted octanol–water partition coefficient (Wildman–Crippen LogP) is 1.48. The molecule has 0 radical (unpaired) electrons. The Morgan fingerprint density at radius 1 is 1.08 bits per heavy atom. The van der Waals surface area contributed by atoms with Crippen molar-refractivity contribution in [1.82, 2.24) is 9.80 Å². The lowest BCUT2D eigenvalue weighted by atomic mass is 9.72. The Labute approximate surface area is 153 Å². The van der Waals surface area contributed by atoms with Crippen LogP contribution in [-0.4, -0.2) is 65.3 Å². The molecule has 140 valence electrons. The minimum absolute atomic E-state index is 0.0376. The largest absolute Gasteiger partial charge is 0.396 e. The van der Waals surface area contributed by atoms with Gasteiger partial charge >= 0.3 is 0 Å². The zero-order valence-electron chi connectivity index (χ0n) is 15.0. The van der Waals surface area contributed by atoms with Gasteiger partial charge in [-0.2, -0.15) is 0 Å². The Bertz CT molecular complexity index is 666. The lowest BCUT2D eigenvalue weighted by Crippen LogP contribution is -2.53. The molecule has 2 heterocycles. The number of nitrogens with zero attached hydrogens (tertiary/aromatic N) is 2. The van der Waals surface area contributed by atoms with Crippen LogP contribution < -0.4 is 0 Å². The van der Waals surface area contributed by atoms with Gasteiger partial charge in [0.25, 0.3) is 5.91 Å². The molecule has 6 nitrogen and oxygen atoms in total. The molecule has 1 aromatic carbocycles. The highest BCUT2D eigenvalue weighted by Gasteiger charge is 2.42. The molecule has 3 rings (SSSR count). The van der Waals surface area contributed by atoms with Gasteiger partial charge < -0.3 is 14.9 Å². The van der Waals surface area contributed by atoms with E-state index in [-0.39, 0.29) is 17.9 Å². The average Bonchev–Trinajstić information content (AvgIpc) is 2.69. The number of aliphatic hydroxyl groups is 1. The van der Waals surface area contributed by atoms with E-state index in [9.17, 15) is 14.4 Å². The number of aliphatic hydroxyl groups excluding tert-OH is 1. The number of benzene rings is 1. The molecule has 0 unspecified atom stereocenters. The Morgan fingerprint density at radius 2 is 1.77 bits per heavy atom. The van der Waals surface area contributed by atoms with Crippen LogP contribution in [0.4, 0.5) is 0 Å². The molecule has 2 amide bonds. The molecule has 2 aliphatic heterocycles. The third-order valence-electron chi connectivity index (χ3n) is 5.68. The molecular formula is C20H26N2O4. The molecule has 0 saturated carbocycles. The molecule has 1 spiro atoms. The van der Waals surface area contributed by atoms with Gasteiger partial charge in [0.05, 0.1) is 0 Å². The zero-order chi connectivity index (χ0) is 18.6. The summed E-state index contributed by atoms with van der Waals surface area (Å²) in [6, 6.07) is 8.66. The smallest absolute Gasteiger partial charge is 0.294 e. The maximum atomic E-state index is 12.5. The van der Waals surface area contributed by atoms with Gasteiger partial charge in [0, 0.05) is 44.8 Å². The van der Waals surface area contributed by atoms with Crippen LogP contribution in [-0.2, 0) is 9.59 Å². The van der Waals surface area contributed by atoms with E-state index in [0.717, 1.165) is 19.3 Å². The fourth-order valence-electron chi connectivity index (χ4n) is 4.02. The minimum Gasteiger partial charge on any atom is -0.396 e. The first-order valence-corrected chi connectivity index (χ1v) is 9.32. The van der Waals surface area contributed by atoms with Crippen LogP contribution in [0.3, 0.4) is 0 Å². The summed E-state index contributed by atoms with van der Waals surface area (Å²) in [4.78, 5) is 40.5. The van der Waals surface area contributed by atoms with Crippen LogP contribution >= 0.6 is 0 Å². The van der Waals surface area contributed by atoms with Crippen molar-refractivity contribution in [3.63, 3.8) is 0 Å². The van der Waals surface area contributed by atoms with Crippen LogP contribution in [0, 0.1) is 5.41 Å². The number of rotatable bonds is 5. The molecule has 2 saturated heterocycles. The van der Waals surface area contributed by atoms with Crippen LogP contribution in [0.25, 0.3) is 0 Å². The monoisotopic (exact) mass is 358 g/mol. The van der Waals surface area contributed by atoms with Crippen molar-refractivity contribution in [2.45, 2.75) is 32.1 Å². The van der Waals surface area contributed by atoms with E-state index in [1.807, 2.05) is 11.0 Å². The van der Waals surface area contributed by atoms with Gasteiger partial charge in [-0.05, 0) is 31.1 Å². The van der Waals surface area contributed by atoms with Crippen molar-refractivity contribution in [2.75, 3.05) is 32.8 Å². The second-order valence-corrected chi connectivity index (χ2v) is 7.38. The third-order valence-corrected chi connectivity index (χ3v) is 5.68. The summed E-state index contributed by atoms with van der Waals surface area (Å²) >= 11 is 0.